The fraction of sp³-hybridized carbons (Fsp3) is 0.273. The molecule has 3 aromatic rings. The predicted molar refractivity (Wildman–Crippen MR) is 129 cm³/mol. The van der Waals surface area contributed by atoms with Gasteiger partial charge in [0.05, 0.1) is 18.0 Å². The van der Waals surface area contributed by atoms with Crippen LogP contribution in [0, 0.1) is 0 Å². The van der Waals surface area contributed by atoms with Gasteiger partial charge in [0.15, 0.2) is 5.16 Å². The van der Waals surface area contributed by atoms with Gasteiger partial charge in [-0.05, 0) is 37.1 Å². The van der Waals surface area contributed by atoms with Crippen molar-refractivity contribution >= 4 is 52.3 Å². The first-order chi connectivity index (χ1) is 15.4. The van der Waals surface area contributed by atoms with Gasteiger partial charge in [0.1, 0.15) is 4.88 Å². The quantitative estimate of drug-likeness (QED) is 0.248. The summed E-state index contributed by atoms with van der Waals surface area (Å²) in [6.45, 7) is 3.95. The maximum atomic E-state index is 12.6. The van der Waals surface area contributed by atoms with Crippen molar-refractivity contribution in [2.75, 3.05) is 17.7 Å². The second kappa shape index (κ2) is 11.3. The summed E-state index contributed by atoms with van der Waals surface area (Å²) in [5.74, 6) is -0.809. The third kappa shape index (κ3) is 6.44. The summed E-state index contributed by atoms with van der Waals surface area (Å²) in [5.41, 5.74) is 1.69. The topological polar surface area (TPSA) is 101 Å². The molecule has 0 spiro atoms. The van der Waals surface area contributed by atoms with Crippen LogP contribution in [-0.2, 0) is 16.0 Å². The molecule has 1 aromatic carbocycles. The van der Waals surface area contributed by atoms with Crippen LogP contribution in [0.4, 0.5) is 5.69 Å². The normalized spacial score (nSPS) is 10.7. The number of carbonyl (C=O) groups excluding carboxylic acids is 2. The van der Waals surface area contributed by atoms with Crippen LogP contribution < -0.4 is 10.9 Å². The minimum absolute atomic E-state index is 0.0207. The van der Waals surface area contributed by atoms with Crippen LogP contribution in [0.1, 0.15) is 35.6 Å². The highest BCUT2D eigenvalue weighted by molar-refractivity contribution is 7.99. The molecule has 0 aliphatic heterocycles. The number of ether oxygens (including phenoxy) is 1. The molecule has 168 valence electrons. The summed E-state index contributed by atoms with van der Waals surface area (Å²) in [5, 5.41) is 3.77. The number of anilines is 1. The second-order valence-corrected chi connectivity index (χ2v) is 9.16. The highest BCUT2D eigenvalue weighted by Crippen LogP contribution is 2.36. The molecule has 2 N–H and O–H groups in total. The molecule has 2 aromatic heterocycles. The molecule has 0 fully saturated rings. The number of halogens is 1. The Labute approximate surface area is 198 Å². The van der Waals surface area contributed by atoms with Gasteiger partial charge in [-0.1, -0.05) is 48.8 Å². The number of thioether (sulfide) groups is 1. The summed E-state index contributed by atoms with van der Waals surface area (Å²) in [6, 6.07) is 10.4. The molecule has 0 unspecified atom stereocenters. The van der Waals surface area contributed by atoms with E-state index >= 15 is 0 Å². The molecule has 7 nitrogen and oxygen atoms in total. The van der Waals surface area contributed by atoms with Gasteiger partial charge in [0.25, 0.3) is 5.56 Å². The lowest BCUT2D eigenvalue weighted by atomic mass is 10.2. The number of benzene rings is 1. The van der Waals surface area contributed by atoms with Gasteiger partial charge < -0.3 is 15.0 Å². The van der Waals surface area contributed by atoms with Crippen LogP contribution in [0.5, 0.6) is 0 Å². The monoisotopic (exact) mass is 491 g/mol. The maximum absolute atomic E-state index is 12.6. The van der Waals surface area contributed by atoms with E-state index in [1.54, 1.807) is 25.1 Å². The summed E-state index contributed by atoms with van der Waals surface area (Å²) in [7, 11) is 0. The van der Waals surface area contributed by atoms with Crippen molar-refractivity contribution in [2.24, 2.45) is 0 Å². The Morgan fingerprint density at radius 1 is 1.22 bits per heavy atom. The highest BCUT2D eigenvalue weighted by atomic mass is 35.5. The van der Waals surface area contributed by atoms with Crippen LogP contribution in [0.25, 0.3) is 10.4 Å². The van der Waals surface area contributed by atoms with Gasteiger partial charge in [0, 0.05) is 21.7 Å². The van der Waals surface area contributed by atoms with E-state index in [9.17, 15) is 14.4 Å². The fourth-order valence-electron chi connectivity index (χ4n) is 2.84. The predicted octanol–water partition coefficient (Wildman–Crippen LogP) is 5.01. The van der Waals surface area contributed by atoms with E-state index in [2.05, 4.69) is 15.3 Å². The van der Waals surface area contributed by atoms with E-state index in [0.717, 1.165) is 28.6 Å². The Balaban J connectivity index is 1.76. The molecule has 0 atom stereocenters. The highest BCUT2D eigenvalue weighted by Gasteiger charge is 2.20. The number of hydrogen-bond acceptors (Lipinski definition) is 7. The lowest BCUT2D eigenvalue weighted by Gasteiger charge is -2.06. The van der Waals surface area contributed by atoms with Gasteiger partial charge >= 0.3 is 5.97 Å². The standard InChI is InChI=1S/C22H22ClN3O4S2/c1-3-5-15-10-18(27)26-22(24-15)31-12-19(28)25-16-11-17(13-6-8-14(23)9-7-13)32-20(16)21(29)30-4-2/h6-11H,3-5,12H2,1-2H3,(H,25,28)(H,24,26,27). The number of nitrogens with one attached hydrogen (secondary N) is 2. The van der Waals surface area contributed by atoms with Crippen LogP contribution >= 0.6 is 34.7 Å². The zero-order chi connectivity index (χ0) is 23.1. The van der Waals surface area contributed by atoms with Crippen molar-refractivity contribution in [3.05, 3.63) is 62.3 Å². The number of esters is 1. The number of rotatable bonds is 9. The molecule has 0 radical (unpaired) electrons. The van der Waals surface area contributed by atoms with Crippen molar-refractivity contribution in [1.29, 1.82) is 0 Å². The van der Waals surface area contributed by atoms with E-state index in [1.165, 1.54) is 17.4 Å². The van der Waals surface area contributed by atoms with Crippen LogP contribution in [0.3, 0.4) is 0 Å². The number of carbonyl (C=O) groups is 2. The minimum Gasteiger partial charge on any atom is -0.462 e. The first-order valence-corrected chi connectivity index (χ1v) is 12.2. The number of amides is 1. The van der Waals surface area contributed by atoms with Gasteiger partial charge in [0.2, 0.25) is 5.91 Å². The van der Waals surface area contributed by atoms with Gasteiger partial charge in [-0.25, -0.2) is 9.78 Å². The van der Waals surface area contributed by atoms with E-state index in [1.807, 2.05) is 19.1 Å². The lowest BCUT2D eigenvalue weighted by molar-refractivity contribution is -0.113. The second-order valence-electron chi connectivity index (χ2n) is 6.71. The van der Waals surface area contributed by atoms with Crippen molar-refractivity contribution in [3.63, 3.8) is 0 Å². The average Bonchev–Trinajstić information content (AvgIpc) is 3.16. The largest absolute Gasteiger partial charge is 0.462 e. The van der Waals surface area contributed by atoms with Crippen molar-refractivity contribution in [2.45, 2.75) is 31.8 Å². The number of hydrogen-bond donors (Lipinski definition) is 2. The van der Waals surface area contributed by atoms with Crippen LogP contribution in [-0.4, -0.2) is 34.2 Å². The molecule has 1 amide bonds. The molecular formula is C22H22ClN3O4S2. The number of nitrogens with zero attached hydrogens (tertiary/aromatic N) is 1. The molecule has 0 saturated heterocycles. The zero-order valence-corrected chi connectivity index (χ0v) is 20.0. The zero-order valence-electron chi connectivity index (χ0n) is 17.6. The molecule has 10 heteroatoms. The third-order valence-corrected chi connectivity index (χ3v) is 6.50. The Bertz CT molecular complexity index is 1160. The van der Waals surface area contributed by atoms with Crippen molar-refractivity contribution < 1.29 is 14.3 Å². The van der Waals surface area contributed by atoms with E-state index in [0.29, 0.717) is 32.9 Å². The number of aryl methyl sites for hydroxylation is 1. The van der Waals surface area contributed by atoms with Gasteiger partial charge in [-0.3, -0.25) is 9.59 Å². The number of aromatic amines is 1. The Morgan fingerprint density at radius 3 is 2.66 bits per heavy atom. The average molecular weight is 492 g/mol. The molecule has 3 rings (SSSR count). The Kier molecular flexibility index (Phi) is 8.49. The number of thiophene rings is 1. The molecular weight excluding hydrogens is 470 g/mol. The summed E-state index contributed by atoms with van der Waals surface area (Å²) in [4.78, 5) is 44.9. The maximum Gasteiger partial charge on any atom is 0.350 e. The van der Waals surface area contributed by atoms with Crippen molar-refractivity contribution in [1.82, 2.24) is 9.97 Å². The first-order valence-electron chi connectivity index (χ1n) is 9.99. The SMILES string of the molecule is CCCc1cc(=O)[nH]c(SCC(=O)Nc2cc(-c3ccc(Cl)cc3)sc2C(=O)OCC)n1. The minimum atomic E-state index is -0.501. The fourth-order valence-corrected chi connectivity index (χ4v) is 4.68. The molecule has 0 bridgehead atoms. The molecule has 0 aliphatic carbocycles. The molecule has 32 heavy (non-hydrogen) atoms. The summed E-state index contributed by atoms with van der Waals surface area (Å²) >= 11 is 8.32. The third-order valence-electron chi connectivity index (χ3n) is 4.21. The van der Waals surface area contributed by atoms with Gasteiger partial charge in [-0.2, -0.15) is 0 Å². The lowest BCUT2D eigenvalue weighted by Crippen LogP contribution is -2.17. The molecule has 0 saturated carbocycles. The summed E-state index contributed by atoms with van der Waals surface area (Å²) in [6.07, 6.45) is 1.56. The molecule has 0 aliphatic rings. The van der Waals surface area contributed by atoms with E-state index < -0.39 is 5.97 Å². The first kappa shape index (κ1) is 24.0. The van der Waals surface area contributed by atoms with Crippen LogP contribution in [0.2, 0.25) is 5.02 Å². The molecule has 2 heterocycles. The number of aromatic nitrogens is 2. The van der Waals surface area contributed by atoms with E-state index in [-0.39, 0.29) is 23.8 Å². The van der Waals surface area contributed by atoms with Crippen molar-refractivity contribution in [3.8, 4) is 10.4 Å². The summed E-state index contributed by atoms with van der Waals surface area (Å²) < 4.78 is 5.14. The van der Waals surface area contributed by atoms with E-state index in [4.69, 9.17) is 16.3 Å². The Morgan fingerprint density at radius 2 is 1.97 bits per heavy atom. The number of H-pyrrole nitrogens is 1. The van der Waals surface area contributed by atoms with Crippen LogP contribution in [0.15, 0.2) is 46.3 Å². The Hall–Kier alpha value is -2.62. The van der Waals surface area contributed by atoms with Gasteiger partial charge in [-0.15, -0.1) is 11.3 Å². The smallest absolute Gasteiger partial charge is 0.350 e.